The Morgan fingerprint density at radius 1 is 1.25 bits per heavy atom. The summed E-state index contributed by atoms with van der Waals surface area (Å²) in [4.78, 5) is 16.0. The lowest BCUT2D eigenvalue weighted by molar-refractivity contribution is -0.121. The minimum atomic E-state index is -1.43. The van der Waals surface area contributed by atoms with Gasteiger partial charge in [-0.1, -0.05) is 61.3 Å². The first kappa shape index (κ1) is 20.2. The number of fused-ring (bicyclic) bond motifs is 4. The Morgan fingerprint density at radius 2 is 2.00 bits per heavy atom. The van der Waals surface area contributed by atoms with Crippen LogP contribution in [0.3, 0.4) is 0 Å². The van der Waals surface area contributed by atoms with E-state index in [1.165, 1.54) is 0 Å². The van der Waals surface area contributed by atoms with Gasteiger partial charge in [0, 0.05) is 22.0 Å². The number of aromatic amines is 1. The molecule has 1 atom stereocenters. The number of H-pyrrole nitrogens is 1. The van der Waals surface area contributed by atoms with Crippen molar-refractivity contribution in [1.82, 2.24) is 10.2 Å². The summed E-state index contributed by atoms with van der Waals surface area (Å²) < 4.78 is 5.69. The van der Waals surface area contributed by atoms with Crippen LogP contribution in [0.25, 0.3) is 0 Å². The molecule has 3 aromatic rings. The van der Waals surface area contributed by atoms with Crippen LogP contribution >= 0.6 is 11.6 Å². The van der Waals surface area contributed by atoms with Crippen LogP contribution in [0, 0.1) is 11.3 Å². The molecule has 0 bridgehead atoms. The van der Waals surface area contributed by atoms with Gasteiger partial charge in [-0.25, -0.2) is 0 Å². The molecule has 8 heteroatoms. The van der Waals surface area contributed by atoms with E-state index in [1.54, 1.807) is 11.0 Å². The molecule has 0 radical (unpaired) electrons. The van der Waals surface area contributed by atoms with Crippen molar-refractivity contribution >= 4 is 23.2 Å². The van der Waals surface area contributed by atoms with Gasteiger partial charge in [0.15, 0.2) is 0 Å². The number of rotatable bonds is 4. The number of nitrogens with one attached hydrogen (secondary N) is 1. The second kappa shape index (κ2) is 7.43. The number of nitrogens with zero attached hydrogens (tertiary/aromatic N) is 3. The predicted molar refractivity (Wildman–Crippen MR) is 120 cm³/mol. The first-order valence-corrected chi connectivity index (χ1v) is 10.7. The van der Waals surface area contributed by atoms with Gasteiger partial charge in [-0.3, -0.25) is 9.89 Å². The Balaban J connectivity index is 1.79. The molecule has 5 rings (SSSR count). The van der Waals surface area contributed by atoms with Gasteiger partial charge in [-0.2, -0.15) is 5.26 Å². The average Bonchev–Trinajstić information content (AvgIpc) is 3.29. The number of anilines is 1. The van der Waals surface area contributed by atoms with Crippen molar-refractivity contribution in [2.75, 3.05) is 4.90 Å². The van der Waals surface area contributed by atoms with E-state index in [1.807, 2.05) is 49.4 Å². The number of carbonyl (C=O) groups is 1. The number of aryl methyl sites for hydroxylation is 1. The maximum atomic E-state index is 14.3. The third kappa shape index (κ3) is 2.60. The normalized spacial score (nSPS) is 19.0. The van der Waals surface area contributed by atoms with E-state index in [0.717, 1.165) is 17.7 Å². The van der Waals surface area contributed by atoms with Crippen LogP contribution in [0.4, 0.5) is 5.69 Å². The highest BCUT2D eigenvalue weighted by Crippen LogP contribution is 2.56. The molecule has 7 nitrogen and oxygen atoms in total. The van der Waals surface area contributed by atoms with Crippen molar-refractivity contribution < 1.29 is 9.53 Å². The standard InChI is InChI=1S/C24H20ClN5O2/c1-2-7-18-20-22(29-28-18)32-21(27)16(12-26)24(20)15-9-4-6-11-19(15)30(23(24)31)13-14-8-3-5-10-17(14)25/h3-6,8-11H,2,7,13,27H2,1H3,(H,28,29)/t24-/m0/s1. The molecule has 32 heavy (non-hydrogen) atoms. The molecule has 1 spiro atoms. The van der Waals surface area contributed by atoms with Crippen LogP contribution in [-0.2, 0) is 23.2 Å². The van der Waals surface area contributed by atoms with Crippen molar-refractivity contribution in [3.05, 3.63) is 87.4 Å². The van der Waals surface area contributed by atoms with Gasteiger partial charge in [0.1, 0.15) is 17.1 Å². The zero-order valence-corrected chi connectivity index (χ0v) is 18.1. The fourth-order valence-electron chi connectivity index (χ4n) is 4.74. The van der Waals surface area contributed by atoms with Gasteiger partial charge in [0.2, 0.25) is 17.7 Å². The molecule has 2 aromatic carbocycles. The number of hydrogen-bond acceptors (Lipinski definition) is 5. The highest BCUT2D eigenvalue weighted by Gasteiger charge is 2.60. The lowest BCUT2D eigenvalue weighted by atomic mass is 9.68. The molecule has 2 aliphatic rings. The zero-order chi connectivity index (χ0) is 22.5. The van der Waals surface area contributed by atoms with Crippen LogP contribution in [-0.4, -0.2) is 16.1 Å². The van der Waals surface area contributed by atoms with Crippen LogP contribution in [0.5, 0.6) is 5.88 Å². The fraction of sp³-hybridized carbons (Fsp3) is 0.208. The van der Waals surface area contributed by atoms with Crippen molar-refractivity contribution in [2.45, 2.75) is 31.7 Å². The Bertz CT molecular complexity index is 1320. The molecular formula is C24H20ClN5O2. The lowest BCUT2D eigenvalue weighted by Gasteiger charge is -2.33. The Hall–Kier alpha value is -3.76. The molecule has 0 unspecified atom stereocenters. The van der Waals surface area contributed by atoms with Gasteiger partial charge in [0.05, 0.1) is 12.1 Å². The molecule has 160 valence electrons. The van der Waals surface area contributed by atoms with Gasteiger partial charge in [-0.05, 0) is 24.1 Å². The van der Waals surface area contributed by atoms with E-state index >= 15 is 0 Å². The predicted octanol–water partition coefficient (Wildman–Crippen LogP) is 3.93. The van der Waals surface area contributed by atoms with E-state index < -0.39 is 5.41 Å². The summed E-state index contributed by atoms with van der Waals surface area (Å²) in [6.07, 6.45) is 1.47. The minimum absolute atomic E-state index is 0.0721. The molecular weight excluding hydrogens is 426 g/mol. The maximum absolute atomic E-state index is 14.3. The molecule has 0 saturated carbocycles. The first-order valence-electron chi connectivity index (χ1n) is 10.3. The second-order valence-electron chi connectivity index (χ2n) is 7.84. The zero-order valence-electron chi connectivity index (χ0n) is 17.4. The van der Waals surface area contributed by atoms with Gasteiger partial charge in [0.25, 0.3) is 0 Å². The van der Waals surface area contributed by atoms with Crippen LogP contribution in [0.2, 0.25) is 5.02 Å². The number of hydrogen-bond donors (Lipinski definition) is 2. The number of nitriles is 1. The molecule has 0 fully saturated rings. The van der Waals surface area contributed by atoms with Gasteiger partial charge in [-0.15, -0.1) is 5.10 Å². The summed E-state index contributed by atoms with van der Waals surface area (Å²) in [6, 6.07) is 17.0. The second-order valence-corrected chi connectivity index (χ2v) is 8.24. The number of benzene rings is 2. The highest BCUT2D eigenvalue weighted by atomic mass is 35.5. The number of aromatic nitrogens is 2. The number of amides is 1. The summed E-state index contributed by atoms with van der Waals surface area (Å²) in [7, 11) is 0. The van der Waals surface area contributed by atoms with E-state index in [-0.39, 0.29) is 29.8 Å². The Morgan fingerprint density at radius 3 is 2.75 bits per heavy atom. The SMILES string of the molecule is CCCc1[nH]nc2c1[C@@]1(C(=O)N(Cc3ccccc3Cl)c3ccccc31)C(C#N)=C(N)O2. The monoisotopic (exact) mass is 445 g/mol. The topological polar surface area (TPSA) is 108 Å². The number of ether oxygens (including phenoxy) is 1. The summed E-state index contributed by atoms with van der Waals surface area (Å²) in [6.45, 7) is 2.29. The van der Waals surface area contributed by atoms with Crippen LogP contribution in [0.1, 0.15) is 35.7 Å². The smallest absolute Gasteiger partial charge is 0.248 e. The van der Waals surface area contributed by atoms with E-state index in [9.17, 15) is 10.1 Å². The molecule has 2 aliphatic heterocycles. The van der Waals surface area contributed by atoms with Crippen LogP contribution < -0.4 is 15.4 Å². The first-order chi connectivity index (χ1) is 15.5. The van der Waals surface area contributed by atoms with E-state index in [0.29, 0.717) is 28.3 Å². The number of nitrogens with two attached hydrogens (primary N) is 1. The quantitative estimate of drug-likeness (QED) is 0.632. The molecule has 1 aromatic heterocycles. The fourth-order valence-corrected chi connectivity index (χ4v) is 4.94. The summed E-state index contributed by atoms with van der Waals surface area (Å²) in [5.41, 5.74) is 8.32. The Kier molecular flexibility index (Phi) is 4.68. The number of para-hydroxylation sites is 1. The molecule has 3 N–H and O–H groups in total. The largest absolute Gasteiger partial charge is 0.420 e. The summed E-state index contributed by atoms with van der Waals surface area (Å²) in [5.74, 6) is -0.161. The minimum Gasteiger partial charge on any atom is -0.420 e. The van der Waals surface area contributed by atoms with Crippen LogP contribution in [0.15, 0.2) is 60.0 Å². The third-order valence-corrected chi connectivity index (χ3v) is 6.44. The molecule has 1 amide bonds. The lowest BCUT2D eigenvalue weighted by Crippen LogP contribution is -2.46. The van der Waals surface area contributed by atoms with Gasteiger partial charge >= 0.3 is 0 Å². The number of halogens is 1. The van der Waals surface area contributed by atoms with Crippen molar-refractivity contribution in [2.24, 2.45) is 5.73 Å². The molecule has 3 heterocycles. The average molecular weight is 446 g/mol. The molecule has 0 aliphatic carbocycles. The van der Waals surface area contributed by atoms with Crippen molar-refractivity contribution in [3.8, 4) is 11.9 Å². The summed E-state index contributed by atoms with van der Waals surface area (Å²) in [5, 5.41) is 18.0. The van der Waals surface area contributed by atoms with Crippen molar-refractivity contribution in [3.63, 3.8) is 0 Å². The third-order valence-electron chi connectivity index (χ3n) is 6.07. The maximum Gasteiger partial charge on any atom is 0.248 e. The Labute approximate surface area is 190 Å². The van der Waals surface area contributed by atoms with Gasteiger partial charge < -0.3 is 15.4 Å². The highest BCUT2D eigenvalue weighted by molar-refractivity contribution is 6.31. The summed E-state index contributed by atoms with van der Waals surface area (Å²) >= 11 is 6.41. The van der Waals surface area contributed by atoms with E-state index in [2.05, 4.69) is 16.3 Å². The van der Waals surface area contributed by atoms with Crippen molar-refractivity contribution in [1.29, 1.82) is 5.26 Å². The number of carbonyl (C=O) groups excluding carboxylic acids is 1. The molecule has 0 saturated heterocycles. The van der Waals surface area contributed by atoms with E-state index in [4.69, 9.17) is 22.1 Å².